The van der Waals surface area contributed by atoms with Gasteiger partial charge in [0.15, 0.2) is 10.9 Å². The van der Waals surface area contributed by atoms with Crippen LogP contribution in [0, 0.1) is 0 Å². The second-order valence-corrected chi connectivity index (χ2v) is 8.66. The van der Waals surface area contributed by atoms with E-state index in [9.17, 15) is 13.5 Å². The summed E-state index contributed by atoms with van der Waals surface area (Å²) in [4.78, 5) is 5.27. The van der Waals surface area contributed by atoms with Crippen molar-refractivity contribution < 1.29 is 13.5 Å². The van der Waals surface area contributed by atoms with Gasteiger partial charge in [-0.1, -0.05) is 35.0 Å². The molecular weight excluding hydrogens is 379 g/mol. The molecule has 0 amide bonds. The molecule has 1 fully saturated rings. The number of benzene rings is 1. The zero-order chi connectivity index (χ0) is 16.0. The lowest BCUT2D eigenvalue weighted by atomic mass is 10.0. The number of hydrogen-bond donors (Lipinski definition) is 1. The summed E-state index contributed by atoms with van der Waals surface area (Å²) in [6.07, 6.45) is 0. The Labute approximate surface area is 141 Å². The quantitative estimate of drug-likeness (QED) is 0.788. The van der Waals surface area contributed by atoms with Crippen LogP contribution in [0.4, 0.5) is 0 Å². The maximum atomic E-state index is 11.6. The van der Waals surface area contributed by atoms with E-state index >= 15 is 0 Å². The molecule has 1 N–H and O–H groups in total. The predicted octanol–water partition coefficient (Wildman–Crippen LogP) is 2.73. The van der Waals surface area contributed by atoms with Crippen LogP contribution in [0.25, 0.3) is 0 Å². The molecule has 1 aliphatic rings. The van der Waals surface area contributed by atoms with Gasteiger partial charge in [-0.05, 0) is 12.1 Å². The molecule has 2 rings (SSSR count). The van der Waals surface area contributed by atoms with E-state index in [1.165, 1.54) is 28.8 Å². The first-order valence-electron chi connectivity index (χ1n) is 5.61. The molecule has 1 aromatic carbocycles. The largest absolute Gasteiger partial charge is 0.366 e. The molecule has 1 saturated heterocycles. The van der Waals surface area contributed by atoms with Gasteiger partial charge in [0.2, 0.25) is 0 Å². The summed E-state index contributed by atoms with van der Waals surface area (Å²) < 4.78 is 23.1. The molecule has 10 heteroatoms. The van der Waals surface area contributed by atoms with Crippen LogP contribution in [-0.2, 0) is 14.8 Å². The van der Waals surface area contributed by atoms with E-state index in [4.69, 9.17) is 33.9 Å². The summed E-state index contributed by atoms with van der Waals surface area (Å²) in [6.45, 7) is 0. The number of aliphatic hydroxyl groups is 1. The second-order valence-electron chi connectivity index (χ2n) is 4.37. The SMILES string of the molecule is CN=C1SCC(O)(c2cc(S(=O)(=O)Cl)c(Cl)cc2Cl)N1C. The fraction of sp³-hybridized carbons (Fsp3) is 0.364. The van der Waals surface area contributed by atoms with Crippen LogP contribution >= 0.6 is 45.6 Å². The highest BCUT2D eigenvalue weighted by molar-refractivity contribution is 8.14. The van der Waals surface area contributed by atoms with Crippen LogP contribution in [-0.4, -0.2) is 43.4 Å². The summed E-state index contributed by atoms with van der Waals surface area (Å²) in [5.41, 5.74) is -1.28. The van der Waals surface area contributed by atoms with Crippen LogP contribution in [0.3, 0.4) is 0 Å². The highest BCUT2D eigenvalue weighted by atomic mass is 35.7. The van der Waals surface area contributed by atoms with Gasteiger partial charge in [0, 0.05) is 30.3 Å². The molecule has 1 aromatic rings. The van der Waals surface area contributed by atoms with Crippen molar-refractivity contribution in [2.45, 2.75) is 10.6 Å². The molecular formula is C11H11Cl3N2O3S2. The fourth-order valence-electron chi connectivity index (χ4n) is 2.01. The molecule has 1 unspecified atom stereocenters. The van der Waals surface area contributed by atoms with E-state index in [0.717, 1.165) is 0 Å². The Morgan fingerprint density at radius 1 is 1.38 bits per heavy atom. The van der Waals surface area contributed by atoms with E-state index in [1.54, 1.807) is 14.1 Å². The van der Waals surface area contributed by atoms with Crippen molar-refractivity contribution in [1.82, 2.24) is 4.90 Å². The lowest BCUT2D eigenvalue weighted by Crippen LogP contribution is -2.42. The van der Waals surface area contributed by atoms with Crippen molar-refractivity contribution in [3.8, 4) is 0 Å². The van der Waals surface area contributed by atoms with E-state index in [0.29, 0.717) is 5.17 Å². The lowest BCUT2D eigenvalue weighted by Gasteiger charge is -2.32. The predicted molar refractivity (Wildman–Crippen MR) is 87.0 cm³/mol. The number of rotatable bonds is 2. The second kappa shape index (κ2) is 5.79. The van der Waals surface area contributed by atoms with Crippen LogP contribution in [0.2, 0.25) is 10.0 Å². The van der Waals surface area contributed by atoms with Gasteiger partial charge in [-0.2, -0.15) is 0 Å². The summed E-state index contributed by atoms with van der Waals surface area (Å²) in [5, 5.41) is 11.5. The third-order valence-corrected chi connectivity index (χ3v) is 6.51. The van der Waals surface area contributed by atoms with E-state index in [2.05, 4.69) is 4.99 Å². The molecule has 0 bridgehead atoms. The van der Waals surface area contributed by atoms with Gasteiger partial charge in [0.05, 0.1) is 15.8 Å². The summed E-state index contributed by atoms with van der Waals surface area (Å²) in [6, 6.07) is 2.45. The molecule has 0 saturated carbocycles. The standard InChI is InChI=1S/C11H11Cl3N2O3S2/c1-15-10-16(2)11(17,5-20-10)6-3-9(21(14,18)19)8(13)4-7(6)12/h3-4,17H,5H2,1-2H3. The average molecular weight is 390 g/mol. The molecule has 21 heavy (non-hydrogen) atoms. The maximum Gasteiger partial charge on any atom is 0.262 e. The molecule has 0 aliphatic carbocycles. The Morgan fingerprint density at radius 2 is 2.00 bits per heavy atom. The molecule has 0 spiro atoms. The van der Waals surface area contributed by atoms with Gasteiger partial charge in [0.1, 0.15) is 4.90 Å². The van der Waals surface area contributed by atoms with E-state index in [-0.39, 0.29) is 26.3 Å². The fourth-order valence-corrected chi connectivity index (χ4v) is 5.06. The number of halogens is 3. The van der Waals surface area contributed by atoms with Gasteiger partial charge in [-0.25, -0.2) is 8.42 Å². The van der Waals surface area contributed by atoms with Gasteiger partial charge in [-0.15, -0.1) is 0 Å². The van der Waals surface area contributed by atoms with Crippen molar-refractivity contribution in [3.05, 3.63) is 27.7 Å². The molecule has 0 radical (unpaired) electrons. The van der Waals surface area contributed by atoms with Crippen molar-refractivity contribution in [2.75, 3.05) is 19.8 Å². The Kier molecular flexibility index (Phi) is 4.74. The van der Waals surface area contributed by atoms with Crippen LogP contribution in [0.5, 0.6) is 0 Å². The first-order chi connectivity index (χ1) is 9.61. The highest BCUT2D eigenvalue weighted by Crippen LogP contribution is 2.43. The topological polar surface area (TPSA) is 70.0 Å². The number of hydrogen-bond acceptors (Lipinski definition) is 5. The molecule has 1 heterocycles. The van der Waals surface area contributed by atoms with E-state index < -0.39 is 14.8 Å². The monoisotopic (exact) mass is 388 g/mol. The first-order valence-corrected chi connectivity index (χ1v) is 9.66. The third-order valence-electron chi connectivity index (χ3n) is 3.15. The number of amidine groups is 1. The number of nitrogens with zero attached hydrogens (tertiary/aromatic N) is 2. The molecule has 5 nitrogen and oxygen atoms in total. The number of thioether (sulfide) groups is 1. The summed E-state index contributed by atoms with van der Waals surface area (Å²) >= 11 is 13.3. The van der Waals surface area contributed by atoms with Crippen LogP contribution in [0.1, 0.15) is 5.56 Å². The smallest absolute Gasteiger partial charge is 0.262 e. The van der Waals surface area contributed by atoms with Gasteiger partial charge >= 0.3 is 0 Å². The maximum absolute atomic E-state index is 11.6. The molecule has 1 atom stereocenters. The summed E-state index contributed by atoms with van der Waals surface area (Å²) in [7, 11) is 4.54. The van der Waals surface area contributed by atoms with Crippen molar-refractivity contribution >= 4 is 59.9 Å². The van der Waals surface area contributed by atoms with Crippen LogP contribution in [0.15, 0.2) is 22.0 Å². The minimum Gasteiger partial charge on any atom is -0.366 e. The zero-order valence-electron chi connectivity index (χ0n) is 11.0. The Balaban J connectivity index is 2.65. The molecule has 0 aromatic heterocycles. The Bertz CT molecular complexity index is 724. The molecule has 116 valence electrons. The Hall–Kier alpha value is -0.180. The van der Waals surface area contributed by atoms with Gasteiger partial charge < -0.3 is 10.0 Å². The minimum absolute atomic E-state index is 0.0972. The summed E-state index contributed by atoms with van der Waals surface area (Å²) in [5.74, 6) is 0.249. The van der Waals surface area contributed by atoms with Crippen molar-refractivity contribution in [2.24, 2.45) is 4.99 Å². The van der Waals surface area contributed by atoms with Crippen molar-refractivity contribution in [1.29, 1.82) is 0 Å². The lowest BCUT2D eigenvalue weighted by molar-refractivity contribution is -0.0348. The first kappa shape index (κ1) is 17.2. The normalized spacial score (nSPS) is 24.9. The van der Waals surface area contributed by atoms with Crippen molar-refractivity contribution in [3.63, 3.8) is 0 Å². The molecule has 1 aliphatic heterocycles. The minimum atomic E-state index is -4.05. The highest BCUT2D eigenvalue weighted by Gasteiger charge is 2.44. The third kappa shape index (κ3) is 3.00. The zero-order valence-corrected chi connectivity index (χ0v) is 14.9. The van der Waals surface area contributed by atoms with Crippen LogP contribution < -0.4 is 0 Å². The Morgan fingerprint density at radius 3 is 2.48 bits per heavy atom. The average Bonchev–Trinajstić information content (AvgIpc) is 2.65. The van der Waals surface area contributed by atoms with E-state index in [1.807, 2.05) is 0 Å². The van der Waals surface area contributed by atoms with Gasteiger partial charge in [-0.3, -0.25) is 4.99 Å². The van der Waals surface area contributed by atoms with Gasteiger partial charge in [0.25, 0.3) is 9.05 Å². The number of aliphatic imine (C=N–C) groups is 1.